The number of nitriles is 1. The average Bonchev–Trinajstić information content (AvgIpc) is 2.65. The number of amides is 1. The zero-order valence-corrected chi connectivity index (χ0v) is 15.1. The fourth-order valence-electron chi connectivity index (χ4n) is 2.20. The quantitative estimate of drug-likeness (QED) is 0.570. The molecule has 1 amide bonds. The van der Waals surface area contributed by atoms with Crippen molar-refractivity contribution in [1.29, 1.82) is 5.26 Å². The highest BCUT2D eigenvalue weighted by molar-refractivity contribution is 7.98. The molecule has 0 radical (unpaired) electrons. The van der Waals surface area contributed by atoms with Crippen LogP contribution in [0, 0.1) is 11.3 Å². The van der Waals surface area contributed by atoms with Gasteiger partial charge in [-0.3, -0.25) is 4.79 Å². The standard InChI is InChI=1S/C19H20N2O3S/c1-23-18-11-14(13-20)8-9-17(18)24-10-4-7-19(22)21-15-5-3-6-16(12-15)25-2/h3,5-6,8-9,11-12H,4,7,10H2,1-2H3,(H,21,22). The summed E-state index contributed by atoms with van der Waals surface area (Å²) in [5.41, 5.74) is 1.31. The van der Waals surface area contributed by atoms with Crippen LogP contribution in [-0.2, 0) is 4.79 Å². The third-order valence-corrected chi connectivity index (χ3v) is 4.18. The van der Waals surface area contributed by atoms with E-state index in [0.29, 0.717) is 36.5 Å². The first-order valence-corrected chi connectivity index (χ1v) is 9.03. The molecule has 5 nitrogen and oxygen atoms in total. The number of ether oxygens (including phenoxy) is 2. The van der Waals surface area contributed by atoms with Crippen LogP contribution in [0.2, 0.25) is 0 Å². The first-order chi connectivity index (χ1) is 12.2. The molecule has 0 spiro atoms. The van der Waals surface area contributed by atoms with Gasteiger partial charge in [0.2, 0.25) is 5.91 Å². The van der Waals surface area contributed by atoms with Gasteiger partial charge in [-0.25, -0.2) is 0 Å². The van der Waals surface area contributed by atoms with Crippen LogP contribution in [0.1, 0.15) is 18.4 Å². The number of nitrogens with zero attached hydrogens (tertiary/aromatic N) is 1. The van der Waals surface area contributed by atoms with Crippen LogP contribution < -0.4 is 14.8 Å². The van der Waals surface area contributed by atoms with Crippen molar-refractivity contribution in [2.75, 3.05) is 25.3 Å². The van der Waals surface area contributed by atoms with Crippen LogP contribution in [0.15, 0.2) is 47.4 Å². The first kappa shape index (κ1) is 18.7. The van der Waals surface area contributed by atoms with Gasteiger partial charge in [-0.2, -0.15) is 5.26 Å². The number of anilines is 1. The van der Waals surface area contributed by atoms with E-state index in [0.717, 1.165) is 10.6 Å². The maximum Gasteiger partial charge on any atom is 0.224 e. The van der Waals surface area contributed by atoms with Crippen LogP contribution >= 0.6 is 11.8 Å². The summed E-state index contributed by atoms with van der Waals surface area (Å²) in [6.45, 7) is 0.389. The van der Waals surface area contributed by atoms with Crippen molar-refractivity contribution in [2.24, 2.45) is 0 Å². The number of rotatable bonds is 8. The number of methoxy groups -OCH3 is 1. The minimum atomic E-state index is -0.0475. The van der Waals surface area contributed by atoms with Gasteiger partial charge in [-0.1, -0.05) is 6.07 Å². The van der Waals surface area contributed by atoms with Crippen molar-refractivity contribution in [1.82, 2.24) is 0 Å². The van der Waals surface area contributed by atoms with E-state index in [1.54, 1.807) is 30.0 Å². The van der Waals surface area contributed by atoms with Gasteiger partial charge in [0.05, 0.1) is 25.3 Å². The van der Waals surface area contributed by atoms with Crippen molar-refractivity contribution in [2.45, 2.75) is 17.7 Å². The molecule has 6 heteroatoms. The maximum absolute atomic E-state index is 12.0. The van der Waals surface area contributed by atoms with E-state index in [1.165, 1.54) is 7.11 Å². The number of hydrogen-bond acceptors (Lipinski definition) is 5. The lowest BCUT2D eigenvalue weighted by atomic mass is 10.2. The van der Waals surface area contributed by atoms with Crippen LogP contribution in [0.4, 0.5) is 5.69 Å². The summed E-state index contributed by atoms with van der Waals surface area (Å²) in [5.74, 6) is 1.03. The Morgan fingerprint density at radius 3 is 2.80 bits per heavy atom. The molecule has 0 saturated heterocycles. The summed E-state index contributed by atoms with van der Waals surface area (Å²) >= 11 is 1.63. The monoisotopic (exact) mass is 356 g/mol. The molecule has 0 heterocycles. The lowest BCUT2D eigenvalue weighted by Gasteiger charge is -2.11. The summed E-state index contributed by atoms with van der Waals surface area (Å²) in [6, 6.07) is 14.8. The Morgan fingerprint density at radius 1 is 1.24 bits per heavy atom. The van der Waals surface area contributed by atoms with Gasteiger partial charge in [0.15, 0.2) is 11.5 Å². The van der Waals surface area contributed by atoms with Crippen molar-refractivity contribution in [3.8, 4) is 17.6 Å². The number of benzene rings is 2. The predicted molar refractivity (Wildman–Crippen MR) is 99.3 cm³/mol. The molecule has 0 saturated carbocycles. The number of thioether (sulfide) groups is 1. The molecule has 1 N–H and O–H groups in total. The number of nitrogens with one attached hydrogen (secondary N) is 1. The fourth-order valence-corrected chi connectivity index (χ4v) is 2.66. The molecule has 0 aliphatic carbocycles. The molecular weight excluding hydrogens is 336 g/mol. The minimum absolute atomic E-state index is 0.0475. The summed E-state index contributed by atoms with van der Waals surface area (Å²) in [5, 5.41) is 11.8. The van der Waals surface area contributed by atoms with Crippen LogP contribution in [0.5, 0.6) is 11.5 Å². The number of carbonyl (C=O) groups is 1. The molecule has 2 aromatic carbocycles. The van der Waals surface area contributed by atoms with Crippen molar-refractivity contribution in [3.63, 3.8) is 0 Å². The maximum atomic E-state index is 12.0. The highest BCUT2D eigenvalue weighted by atomic mass is 32.2. The molecule has 0 aromatic heterocycles. The zero-order chi connectivity index (χ0) is 18.1. The Kier molecular flexibility index (Phi) is 7.17. The molecule has 0 aliphatic heterocycles. The molecule has 0 unspecified atom stereocenters. The highest BCUT2D eigenvalue weighted by Crippen LogP contribution is 2.28. The molecule has 0 fully saturated rings. The molecule has 0 atom stereocenters. The highest BCUT2D eigenvalue weighted by Gasteiger charge is 2.07. The van der Waals surface area contributed by atoms with Crippen molar-refractivity contribution in [3.05, 3.63) is 48.0 Å². The second-order valence-corrected chi connectivity index (χ2v) is 6.09. The molecule has 2 rings (SSSR count). The smallest absolute Gasteiger partial charge is 0.224 e. The van der Waals surface area contributed by atoms with Crippen molar-refractivity contribution >= 4 is 23.4 Å². The average molecular weight is 356 g/mol. The van der Waals surface area contributed by atoms with Gasteiger partial charge in [0.1, 0.15) is 0 Å². The van der Waals surface area contributed by atoms with E-state index >= 15 is 0 Å². The summed E-state index contributed by atoms with van der Waals surface area (Å²) in [6.07, 6.45) is 2.94. The Hall–Kier alpha value is -2.65. The molecule has 2 aromatic rings. The molecule has 130 valence electrons. The Labute approximate surface area is 151 Å². The largest absolute Gasteiger partial charge is 0.493 e. The number of hydrogen-bond donors (Lipinski definition) is 1. The second-order valence-electron chi connectivity index (χ2n) is 5.21. The molecule has 25 heavy (non-hydrogen) atoms. The van der Waals surface area contributed by atoms with Crippen molar-refractivity contribution < 1.29 is 14.3 Å². The van der Waals surface area contributed by atoms with Gasteiger partial charge < -0.3 is 14.8 Å². The van der Waals surface area contributed by atoms with E-state index in [4.69, 9.17) is 14.7 Å². The topological polar surface area (TPSA) is 71.3 Å². The third-order valence-electron chi connectivity index (χ3n) is 3.45. The van der Waals surface area contributed by atoms with Crippen LogP contribution in [0.3, 0.4) is 0 Å². The summed E-state index contributed by atoms with van der Waals surface area (Å²) < 4.78 is 10.9. The SMILES string of the molecule is COc1cc(C#N)ccc1OCCCC(=O)Nc1cccc(SC)c1. The Morgan fingerprint density at radius 2 is 2.08 bits per heavy atom. The van der Waals surface area contributed by atoms with E-state index in [2.05, 4.69) is 11.4 Å². The summed E-state index contributed by atoms with van der Waals surface area (Å²) in [7, 11) is 1.53. The fraction of sp³-hybridized carbons (Fsp3) is 0.263. The lowest BCUT2D eigenvalue weighted by molar-refractivity contribution is -0.116. The van der Waals surface area contributed by atoms with Crippen LogP contribution in [-0.4, -0.2) is 25.9 Å². The molecule has 0 bridgehead atoms. The van der Waals surface area contributed by atoms with Crippen LogP contribution in [0.25, 0.3) is 0 Å². The van der Waals surface area contributed by atoms with Gasteiger partial charge in [-0.15, -0.1) is 11.8 Å². The van der Waals surface area contributed by atoms with E-state index in [1.807, 2.05) is 30.5 Å². The molecular formula is C19H20N2O3S. The van der Waals surface area contributed by atoms with E-state index < -0.39 is 0 Å². The molecule has 0 aliphatic rings. The summed E-state index contributed by atoms with van der Waals surface area (Å²) in [4.78, 5) is 13.1. The second kappa shape index (κ2) is 9.60. The Balaban J connectivity index is 1.79. The van der Waals surface area contributed by atoms with E-state index in [-0.39, 0.29) is 5.91 Å². The van der Waals surface area contributed by atoms with E-state index in [9.17, 15) is 4.79 Å². The first-order valence-electron chi connectivity index (χ1n) is 7.81. The van der Waals surface area contributed by atoms with Gasteiger partial charge in [-0.05, 0) is 43.0 Å². The zero-order valence-electron chi connectivity index (χ0n) is 14.2. The number of carbonyl (C=O) groups excluding carboxylic acids is 1. The lowest BCUT2D eigenvalue weighted by Crippen LogP contribution is -2.12. The predicted octanol–water partition coefficient (Wildman–Crippen LogP) is 4.09. The normalized spacial score (nSPS) is 9.96. The third kappa shape index (κ3) is 5.73. The van der Waals surface area contributed by atoms with Gasteiger partial charge in [0, 0.05) is 23.1 Å². The Bertz CT molecular complexity index is 772. The van der Waals surface area contributed by atoms with Gasteiger partial charge in [0.25, 0.3) is 0 Å². The minimum Gasteiger partial charge on any atom is -0.493 e. The van der Waals surface area contributed by atoms with Gasteiger partial charge >= 0.3 is 0 Å².